The van der Waals surface area contributed by atoms with E-state index < -0.39 is 5.97 Å². The van der Waals surface area contributed by atoms with Gasteiger partial charge < -0.3 is 10.4 Å². The Balaban J connectivity index is 1.67. The Kier molecular flexibility index (Phi) is 3.46. The molecule has 0 bridgehead atoms. The molecule has 1 saturated carbocycles. The molecule has 1 fully saturated rings. The van der Waals surface area contributed by atoms with E-state index in [0.29, 0.717) is 5.82 Å². The third kappa shape index (κ3) is 2.90. The third-order valence-electron chi connectivity index (χ3n) is 3.98. The molecule has 2 N–H and O–H groups in total. The number of benzene rings is 1. The van der Waals surface area contributed by atoms with Crippen molar-refractivity contribution in [3.05, 3.63) is 42.2 Å². The highest BCUT2D eigenvalue weighted by Gasteiger charge is 2.23. The minimum atomic E-state index is -0.914. The Morgan fingerprint density at radius 1 is 1.26 bits per heavy atom. The van der Waals surface area contributed by atoms with E-state index in [4.69, 9.17) is 5.11 Å². The van der Waals surface area contributed by atoms with Crippen molar-refractivity contribution in [3.63, 3.8) is 0 Å². The van der Waals surface area contributed by atoms with Gasteiger partial charge in [-0.25, -0.2) is 9.97 Å². The van der Waals surface area contributed by atoms with Crippen molar-refractivity contribution in [2.45, 2.75) is 18.8 Å². The second-order valence-electron chi connectivity index (χ2n) is 5.70. The molecule has 0 atom stereocenters. The maximum atomic E-state index is 10.7. The van der Waals surface area contributed by atoms with E-state index >= 15 is 0 Å². The first-order chi connectivity index (χ1) is 11.2. The highest BCUT2D eigenvalue weighted by Crippen LogP contribution is 2.41. The number of carbonyl (C=O) groups is 1. The smallest absolute Gasteiger partial charge is 0.322 e. The summed E-state index contributed by atoms with van der Waals surface area (Å²) in [7, 11) is 0. The summed E-state index contributed by atoms with van der Waals surface area (Å²) >= 11 is 1.59. The number of carboxylic acid groups (broad SMARTS) is 1. The zero-order valence-corrected chi connectivity index (χ0v) is 13.1. The predicted octanol–water partition coefficient (Wildman–Crippen LogP) is 3.73. The fourth-order valence-electron chi connectivity index (χ4n) is 2.63. The lowest BCUT2D eigenvalue weighted by molar-refractivity contribution is -0.134. The maximum absolute atomic E-state index is 10.7. The second kappa shape index (κ2) is 5.62. The van der Waals surface area contributed by atoms with Crippen molar-refractivity contribution >= 4 is 33.3 Å². The zero-order chi connectivity index (χ0) is 15.8. The van der Waals surface area contributed by atoms with Crippen LogP contribution in [0.1, 0.15) is 24.3 Å². The second-order valence-corrected chi connectivity index (χ2v) is 6.73. The molecule has 1 aliphatic carbocycles. The first kappa shape index (κ1) is 14.1. The maximum Gasteiger partial charge on any atom is 0.322 e. The van der Waals surface area contributed by atoms with Crippen LogP contribution >= 0.6 is 11.3 Å². The largest absolute Gasteiger partial charge is 0.480 e. The van der Waals surface area contributed by atoms with Gasteiger partial charge in [0.1, 0.15) is 23.5 Å². The average Bonchev–Trinajstić information content (AvgIpc) is 3.31. The molecule has 2 aromatic heterocycles. The van der Waals surface area contributed by atoms with Gasteiger partial charge in [-0.05, 0) is 36.0 Å². The normalized spacial score (nSPS) is 14.1. The summed E-state index contributed by atoms with van der Waals surface area (Å²) in [5.74, 6) is 0.404. The van der Waals surface area contributed by atoms with E-state index in [-0.39, 0.29) is 6.54 Å². The predicted molar refractivity (Wildman–Crippen MR) is 91.0 cm³/mol. The van der Waals surface area contributed by atoms with Crippen LogP contribution in [0.15, 0.2) is 36.7 Å². The monoisotopic (exact) mass is 325 g/mol. The zero-order valence-electron chi connectivity index (χ0n) is 12.3. The summed E-state index contributed by atoms with van der Waals surface area (Å²) in [4.78, 5) is 21.1. The van der Waals surface area contributed by atoms with E-state index in [2.05, 4.69) is 39.6 Å². The van der Waals surface area contributed by atoms with Crippen LogP contribution in [0.5, 0.6) is 0 Å². The van der Waals surface area contributed by atoms with Crippen molar-refractivity contribution in [1.82, 2.24) is 9.97 Å². The molecule has 116 valence electrons. The first-order valence-electron chi connectivity index (χ1n) is 7.51. The fourth-order valence-corrected chi connectivity index (χ4v) is 3.64. The topological polar surface area (TPSA) is 75.1 Å². The molecular weight excluding hydrogens is 310 g/mol. The number of carboxylic acids is 1. The Labute approximate surface area is 137 Å². The number of thiophene rings is 1. The summed E-state index contributed by atoms with van der Waals surface area (Å²) in [6, 6.07) is 10.7. The van der Waals surface area contributed by atoms with Crippen molar-refractivity contribution in [3.8, 4) is 10.4 Å². The minimum absolute atomic E-state index is 0.159. The van der Waals surface area contributed by atoms with E-state index in [1.54, 1.807) is 11.3 Å². The van der Waals surface area contributed by atoms with Crippen LogP contribution in [0.3, 0.4) is 0 Å². The van der Waals surface area contributed by atoms with E-state index in [0.717, 1.165) is 26.6 Å². The summed E-state index contributed by atoms with van der Waals surface area (Å²) in [6.07, 6.45) is 4.07. The Bertz CT molecular complexity index is 869. The molecule has 0 radical (unpaired) electrons. The van der Waals surface area contributed by atoms with Crippen LogP contribution in [0.4, 0.5) is 5.82 Å². The Morgan fingerprint density at radius 3 is 2.74 bits per heavy atom. The Morgan fingerprint density at radius 2 is 2.04 bits per heavy atom. The number of anilines is 1. The molecule has 5 nitrogen and oxygen atoms in total. The van der Waals surface area contributed by atoms with Gasteiger partial charge in [-0.15, -0.1) is 11.3 Å². The number of hydrogen-bond acceptors (Lipinski definition) is 5. The molecule has 1 aliphatic rings. The van der Waals surface area contributed by atoms with Crippen molar-refractivity contribution in [1.29, 1.82) is 0 Å². The number of nitrogens with one attached hydrogen (secondary N) is 1. The molecule has 23 heavy (non-hydrogen) atoms. The van der Waals surface area contributed by atoms with Crippen molar-refractivity contribution < 1.29 is 9.90 Å². The highest BCUT2D eigenvalue weighted by molar-refractivity contribution is 7.21. The van der Waals surface area contributed by atoms with Crippen LogP contribution in [0.2, 0.25) is 0 Å². The molecular formula is C17H15N3O2S. The number of nitrogens with zero attached hydrogens (tertiary/aromatic N) is 2. The number of aliphatic carboxylic acids is 1. The van der Waals surface area contributed by atoms with Gasteiger partial charge in [0.2, 0.25) is 0 Å². The van der Waals surface area contributed by atoms with Gasteiger partial charge in [0.15, 0.2) is 0 Å². The van der Waals surface area contributed by atoms with E-state index in [1.807, 2.05) is 6.07 Å². The van der Waals surface area contributed by atoms with E-state index in [9.17, 15) is 4.79 Å². The van der Waals surface area contributed by atoms with Crippen molar-refractivity contribution in [2.75, 3.05) is 11.9 Å². The van der Waals surface area contributed by atoms with Gasteiger partial charge in [-0.3, -0.25) is 4.79 Å². The van der Waals surface area contributed by atoms with Crippen LogP contribution in [0.25, 0.3) is 20.7 Å². The summed E-state index contributed by atoms with van der Waals surface area (Å²) in [6.45, 7) is -0.159. The molecule has 1 aromatic carbocycles. The fraction of sp³-hybridized carbons (Fsp3) is 0.235. The van der Waals surface area contributed by atoms with Crippen LogP contribution in [0, 0.1) is 0 Å². The van der Waals surface area contributed by atoms with Gasteiger partial charge in [0.05, 0.1) is 5.39 Å². The number of rotatable bonds is 5. The van der Waals surface area contributed by atoms with E-state index in [1.165, 1.54) is 24.7 Å². The molecule has 0 amide bonds. The molecule has 0 spiro atoms. The number of aromatic nitrogens is 2. The molecule has 4 rings (SSSR count). The molecule has 0 aliphatic heterocycles. The SMILES string of the molecule is O=C(O)CNc1ncnc2sc(-c3ccc(C4CC4)cc3)cc12. The Hall–Kier alpha value is -2.47. The van der Waals surface area contributed by atoms with Gasteiger partial charge in [0.25, 0.3) is 0 Å². The average molecular weight is 325 g/mol. The summed E-state index contributed by atoms with van der Waals surface area (Å²) in [5, 5.41) is 12.5. The molecule has 0 saturated heterocycles. The standard InChI is InChI=1S/C17H15N3O2S/c21-15(22)8-18-16-13-7-14(23-17(13)20-9-19-16)12-5-3-11(4-6-12)10-1-2-10/h3-7,9-10H,1-2,8H2,(H,21,22)(H,18,19,20). The molecule has 0 unspecified atom stereocenters. The third-order valence-corrected chi connectivity index (χ3v) is 5.07. The minimum Gasteiger partial charge on any atom is -0.480 e. The number of hydrogen-bond donors (Lipinski definition) is 2. The summed E-state index contributed by atoms with van der Waals surface area (Å²) in [5.41, 5.74) is 2.57. The lowest BCUT2D eigenvalue weighted by Crippen LogP contribution is -2.13. The lowest BCUT2D eigenvalue weighted by Gasteiger charge is -2.02. The summed E-state index contributed by atoms with van der Waals surface area (Å²) < 4.78 is 0. The van der Waals surface area contributed by atoms with Gasteiger partial charge in [-0.2, -0.15) is 0 Å². The molecule has 3 aromatic rings. The van der Waals surface area contributed by atoms with Gasteiger partial charge in [0, 0.05) is 4.88 Å². The van der Waals surface area contributed by atoms with Gasteiger partial charge >= 0.3 is 5.97 Å². The van der Waals surface area contributed by atoms with Crippen molar-refractivity contribution in [2.24, 2.45) is 0 Å². The van der Waals surface area contributed by atoms with Gasteiger partial charge in [-0.1, -0.05) is 24.3 Å². The number of fused-ring (bicyclic) bond motifs is 1. The highest BCUT2D eigenvalue weighted by atomic mass is 32.1. The lowest BCUT2D eigenvalue weighted by atomic mass is 10.1. The molecule has 6 heteroatoms. The quantitative estimate of drug-likeness (QED) is 0.747. The van der Waals surface area contributed by atoms with Crippen LogP contribution in [-0.2, 0) is 4.79 Å². The van der Waals surface area contributed by atoms with Crippen LogP contribution in [-0.4, -0.2) is 27.6 Å². The first-order valence-corrected chi connectivity index (χ1v) is 8.33. The van der Waals surface area contributed by atoms with Crippen LogP contribution < -0.4 is 5.32 Å². The molecule has 2 heterocycles.